The van der Waals surface area contributed by atoms with Crippen LogP contribution >= 0.6 is 0 Å². The molecule has 4 nitrogen and oxygen atoms in total. The number of carbonyl (C=O) groups is 2. The maximum absolute atomic E-state index is 14.8. The van der Waals surface area contributed by atoms with Gasteiger partial charge in [0.05, 0.1) is 18.1 Å². The normalized spacial score (nSPS) is 26.8. The molecule has 1 amide bonds. The Morgan fingerprint density at radius 1 is 1.38 bits per heavy atom. The van der Waals surface area contributed by atoms with Gasteiger partial charge < -0.3 is 9.64 Å². The molecule has 24 heavy (non-hydrogen) atoms. The van der Waals surface area contributed by atoms with Crippen LogP contribution in [-0.4, -0.2) is 36.1 Å². The second-order valence-corrected chi connectivity index (χ2v) is 6.82. The number of carbonyl (C=O) groups excluding carboxylic acids is 2. The lowest BCUT2D eigenvalue weighted by Crippen LogP contribution is -2.49. The summed E-state index contributed by atoms with van der Waals surface area (Å²) in [6, 6.07) is 9.38. The van der Waals surface area contributed by atoms with Gasteiger partial charge in [0.25, 0.3) is 5.91 Å². The average molecular weight is 333 g/mol. The SMILES string of the molecule is CCOC(=O)C1(C2CN([C@@H](C)c3ccccc3)C(=O)C2F)CCC1. The molecule has 1 heterocycles. The molecular weight excluding hydrogens is 309 g/mol. The Kier molecular flexibility index (Phi) is 4.61. The van der Waals surface area contributed by atoms with Crippen LogP contribution in [0.5, 0.6) is 0 Å². The molecular formula is C19H24FNO3. The van der Waals surface area contributed by atoms with Crippen molar-refractivity contribution in [2.45, 2.75) is 45.3 Å². The van der Waals surface area contributed by atoms with Gasteiger partial charge in [-0.1, -0.05) is 36.8 Å². The minimum absolute atomic E-state index is 0.207. The van der Waals surface area contributed by atoms with Crippen LogP contribution in [0.2, 0.25) is 0 Å². The molecule has 0 radical (unpaired) electrons. The monoisotopic (exact) mass is 333 g/mol. The predicted octanol–water partition coefficient (Wildman–Crippen LogP) is 3.28. The van der Waals surface area contributed by atoms with Crippen molar-refractivity contribution < 1.29 is 18.7 Å². The zero-order valence-electron chi connectivity index (χ0n) is 14.2. The lowest BCUT2D eigenvalue weighted by Gasteiger charge is -2.44. The van der Waals surface area contributed by atoms with Crippen LogP contribution in [-0.2, 0) is 14.3 Å². The van der Waals surface area contributed by atoms with Gasteiger partial charge in [-0.3, -0.25) is 9.59 Å². The van der Waals surface area contributed by atoms with E-state index in [4.69, 9.17) is 4.74 Å². The number of amides is 1. The molecule has 0 spiro atoms. The molecule has 3 atom stereocenters. The Balaban J connectivity index is 1.82. The standard InChI is InChI=1S/C19H24FNO3/c1-3-24-18(23)19(10-7-11-19)15-12-21(17(22)16(15)20)13(2)14-8-5-4-6-9-14/h4-6,8-9,13,15-16H,3,7,10-12H2,1-2H3/t13-,15?,16?/m0/s1. The van der Waals surface area contributed by atoms with Gasteiger partial charge in [0, 0.05) is 12.5 Å². The van der Waals surface area contributed by atoms with Gasteiger partial charge >= 0.3 is 5.97 Å². The first-order chi connectivity index (χ1) is 11.5. The largest absolute Gasteiger partial charge is 0.466 e. The average Bonchev–Trinajstić information content (AvgIpc) is 2.84. The number of benzene rings is 1. The van der Waals surface area contributed by atoms with E-state index in [1.54, 1.807) is 11.8 Å². The molecule has 2 fully saturated rings. The first-order valence-electron chi connectivity index (χ1n) is 8.68. The lowest BCUT2D eigenvalue weighted by molar-refractivity contribution is -0.168. The predicted molar refractivity (Wildman–Crippen MR) is 87.9 cm³/mol. The van der Waals surface area contributed by atoms with E-state index >= 15 is 0 Å². The summed E-state index contributed by atoms with van der Waals surface area (Å²) in [4.78, 5) is 26.5. The third-order valence-electron chi connectivity index (χ3n) is 5.65. The molecule has 1 aliphatic carbocycles. The second kappa shape index (κ2) is 6.54. The van der Waals surface area contributed by atoms with Crippen molar-refractivity contribution in [1.82, 2.24) is 4.90 Å². The minimum atomic E-state index is -1.62. The van der Waals surface area contributed by atoms with Crippen LogP contribution < -0.4 is 0 Å². The van der Waals surface area contributed by atoms with E-state index < -0.39 is 23.4 Å². The van der Waals surface area contributed by atoms with Crippen LogP contribution in [0.1, 0.15) is 44.7 Å². The van der Waals surface area contributed by atoms with Gasteiger partial charge in [-0.05, 0) is 32.3 Å². The van der Waals surface area contributed by atoms with E-state index in [1.807, 2.05) is 37.3 Å². The molecule has 3 rings (SSSR count). The summed E-state index contributed by atoms with van der Waals surface area (Å²) in [5.41, 5.74) is 0.147. The van der Waals surface area contributed by atoms with Crippen LogP contribution in [0.15, 0.2) is 30.3 Å². The fraction of sp³-hybridized carbons (Fsp3) is 0.579. The zero-order chi connectivity index (χ0) is 17.3. The Bertz CT molecular complexity index is 614. The highest BCUT2D eigenvalue weighted by Crippen LogP contribution is 2.53. The maximum atomic E-state index is 14.8. The molecule has 1 saturated heterocycles. The summed E-state index contributed by atoms with van der Waals surface area (Å²) < 4.78 is 20.0. The fourth-order valence-corrected chi connectivity index (χ4v) is 4.00. The van der Waals surface area contributed by atoms with Gasteiger partial charge in [0.2, 0.25) is 0 Å². The van der Waals surface area contributed by atoms with Crippen molar-refractivity contribution in [3.05, 3.63) is 35.9 Å². The first kappa shape index (κ1) is 16.9. The minimum Gasteiger partial charge on any atom is -0.466 e. The van der Waals surface area contributed by atoms with Crippen molar-refractivity contribution in [3.63, 3.8) is 0 Å². The molecule has 1 aromatic carbocycles. The third kappa shape index (κ3) is 2.60. The molecule has 1 aromatic rings. The van der Waals surface area contributed by atoms with Crippen molar-refractivity contribution in [2.24, 2.45) is 11.3 Å². The first-order valence-corrected chi connectivity index (χ1v) is 8.68. The topological polar surface area (TPSA) is 46.6 Å². The van der Waals surface area contributed by atoms with Crippen LogP contribution in [0.25, 0.3) is 0 Å². The molecule has 0 bridgehead atoms. The molecule has 5 heteroatoms. The summed E-state index contributed by atoms with van der Waals surface area (Å²) in [6.07, 6.45) is 0.473. The van der Waals surface area contributed by atoms with Gasteiger partial charge in [-0.2, -0.15) is 0 Å². The Hall–Kier alpha value is -1.91. The van der Waals surface area contributed by atoms with Gasteiger partial charge in [0.1, 0.15) is 0 Å². The number of halogens is 1. The van der Waals surface area contributed by atoms with E-state index in [0.717, 1.165) is 12.0 Å². The van der Waals surface area contributed by atoms with E-state index in [1.165, 1.54) is 0 Å². The van der Waals surface area contributed by atoms with E-state index in [2.05, 4.69) is 0 Å². The molecule has 130 valence electrons. The van der Waals surface area contributed by atoms with Crippen molar-refractivity contribution >= 4 is 11.9 Å². The molecule has 0 aromatic heterocycles. The number of likely N-dealkylation sites (tertiary alicyclic amines) is 1. The van der Waals surface area contributed by atoms with Crippen molar-refractivity contribution in [1.29, 1.82) is 0 Å². The Labute approximate surface area is 142 Å². The second-order valence-electron chi connectivity index (χ2n) is 6.82. The molecule has 0 N–H and O–H groups in total. The maximum Gasteiger partial charge on any atom is 0.312 e. The molecule has 1 aliphatic heterocycles. The number of esters is 1. The van der Waals surface area contributed by atoms with Gasteiger partial charge in [-0.25, -0.2) is 4.39 Å². The lowest BCUT2D eigenvalue weighted by atomic mass is 9.60. The van der Waals surface area contributed by atoms with Gasteiger partial charge in [0.15, 0.2) is 6.17 Å². The number of ether oxygens (including phenoxy) is 1. The smallest absolute Gasteiger partial charge is 0.312 e. The Morgan fingerprint density at radius 3 is 2.58 bits per heavy atom. The number of nitrogens with zero attached hydrogens (tertiary/aromatic N) is 1. The highest BCUT2D eigenvalue weighted by Gasteiger charge is 2.60. The number of hydrogen-bond acceptors (Lipinski definition) is 3. The van der Waals surface area contributed by atoms with E-state index in [0.29, 0.717) is 12.8 Å². The van der Waals surface area contributed by atoms with Gasteiger partial charge in [-0.15, -0.1) is 0 Å². The summed E-state index contributed by atoms with van der Waals surface area (Å²) in [7, 11) is 0. The van der Waals surface area contributed by atoms with Crippen LogP contribution in [0, 0.1) is 11.3 Å². The highest BCUT2D eigenvalue weighted by molar-refractivity contribution is 5.87. The van der Waals surface area contributed by atoms with Crippen molar-refractivity contribution in [3.8, 4) is 0 Å². The van der Waals surface area contributed by atoms with E-state index in [9.17, 15) is 14.0 Å². The zero-order valence-corrected chi connectivity index (χ0v) is 14.2. The fourth-order valence-electron chi connectivity index (χ4n) is 4.00. The highest BCUT2D eigenvalue weighted by atomic mass is 19.1. The summed E-state index contributed by atoms with van der Waals surface area (Å²) >= 11 is 0. The van der Waals surface area contributed by atoms with Crippen molar-refractivity contribution in [2.75, 3.05) is 13.2 Å². The third-order valence-corrected chi connectivity index (χ3v) is 5.65. The number of hydrogen-bond donors (Lipinski definition) is 0. The number of alkyl halides is 1. The molecule has 2 aliphatic rings. The summed E-state index contributed by atoms with van der Waals surface area (Å²) in [5, 5.41) is 0. The summed E-state index contributed by atoms with van der Waals surface area (Å²) in [6.45, 7) is 4.21. The number of rotatable bonds is 5. The summed E-state index contributed by atoms with van der Waals surface area (Å²) in [5.74, 6) is -1.46. The molecule has 2 unspecified atom stereocenters. The molecule has 1 saturated carbocycles. The van der Waals surface area contributed by atoms with Crippen LogP contribution in [0.3, 0.4) is 0 Å². The van der Waals surface area contributed by atoms with E-state index in [-0.39, 0.29) is 25.2 Å². The van der Waals surface area contributed by atoms with Crippen LogP contribution in [0.4, 0.5) is 4.39 Å². The quantitative estimate of drug-likeness (QED) is 0.777. The Morgan fingerprint density at radius 2 is 2.04 bits per heavy atom.